The first-order valence-corrected chi connectivity index (χ1v) is 7.66. The molecule has 1 aromatic rings. The molecule has 1 aliphatic rings. The number of alkyl carbamates (subject to hydrolysis) is 1. The SMILES string of the molecule is CC(C)(C)OC(=O)N[C@@H]1CNCC(Cc2ccccc2)C1. The Labute approximate surface area is 127 Å². The molecule has 2 rings (SSSR count). The second-order valence-electron chi connectivity index (χ2n) is 6.79. The summed E-state index contributed by atoms with van der Waals surface area (Å²) in [6, 6.07) is 10.6. The van der Waals surface area contributed by atoms with Gasteiger partial charge < -0.3 is 15.4 Å². The van der Waals surface area contributed by atoms with Crippen molar-refractivity contribution in [2.75, 3.05) is 13.1 Å². The van der Waals surface area contributed by atoms with Gasteiger partial charge in [-0.2, -0.15) is 0 Å². The van der Waals surface area contributed by atoms with Gasteiger partial charge in [0.1, 0.15) is 5.60 Å². The lowest BCUT2D eigenvalue weighted by atomic mass is 9.90. The Morgan fingerprint density at radius 3 is 2.67 bits per heavy atom. The van der Waals surface area contributed by atoms with Gasteiger partial charge in [-0.05, 0) is 51.6 Å². The van der Waals surface area contributed by atoms with Crippen LogP contribution in [0.5, 0.6) is 0 Å². The summed E-state index contributed by atoms with van der Waals surface area (Å²) in [6.07, 6.45) is 1.70. The zero-order chi connectivity index (χ0) is 15.3. The van der Waals surface area contributed by atoms with Gasteiger partial charge in [0, 0.05) is 12.6 Å². The number of carbonyl (C=O) groups excluding carboxylic acids is 1. The highest BCUT2D eigenvalue weighted by atomic mass is 16.6. The third-order valence-corrected chi connectivity index (χ3v) is 3.53. The van der Waals surface area contributed by atoms with E-state index in [1.165, 1.54) is 5.56 Å². The van der Waals surface area contributed by atoms with Crippen molar-refractivity contribution in [1.29, 1.82) is 0 Å². The normalized spacial score (nSPS) is 22.6. The highest BCUT2D eigenvalue weighted by molar-refractivity contribution is 5.68. The minimum atomic E-state index is -0.449. The fourth-order valence-electron chi connectivity index (χ4n) is 2.72. The van der Waals surface area contributed by atoms with Gasteiger partial charge in [-0.3, -0.25) is 0 Å². The summed E-state index contributed by atoms with van der Waals surface area (Å²) >= 11 is 0. The Hall–Kier alpha value is -1.55. The summed E-state index contributed by atoms with van der Waals surface area (Å²) in [5.74, 6) is 0.543. The molecule has 1 heterocycles. The number of hydrogen-bond acceptors (Lipinski definition) is 3. The molecule has 4 nitrogen and oxygen atoms in total. The summed E-state index contributed by atoms with van der Waals surface area (Å²) in [4.78, 5) is 11.8. The Balaban J connectivity index is 1.82. The number of carbonyl (C=O) groups is 1. The Morgan fingerprint density at radius 1 is 1.29 bits per heavy atom. The number of hydrogen-bond donors (Lipinski definition) is 2. The van der Waals surface area contributed by atoms with Crippen LogP contribution in [0.1, 0.15) is 32.8 Å². The molecule has 2 N–H and O–H groups in total. The molecule has 1 amide bonds. The molecule has 2 atom stereocenters. The maximum atomic E-state index is 11.8. The molecule has 4 heteroatoms. The Kier molecular flexibility index (Phi) is 5.23. The van der Waals surface area contributed by atoms with Gasteiger partial charge in [0.15, 0.2) is 0 Å². The predicted molar refractivity (Wildman–Crippen MR) is 84.3 cm³/mol. The lowest BCUT2D eigenvalue weighted by Crippen LogP contribution is -2.50. The van der Waals surface area contributed by atoms with E-state index in [4.69, 9.17) is 4.74 Å². The molecule has 0 saturated carbocycles. The fourth-order valence-corrected chi connectivity index (χ4v) is 2.72. The van der Waals surface area contributed by atoms with E-state index in [-0.39, 0.29) is 12.1 Å². The third kappa shape index (κ3) is 5.76. The van der Waals surface area contributed by atoms with E-state index >= 15 is 0 Å². The molecule has 0 bridgehead atoms. The molecule has 0 aromatic heterocycles. The minimum absolute atomic E-state index is 0.141. The molecule has 0 spiro atoms. The van der Waals surface area contributed by atoms with Gasteiger partial charge in [0.25, 0.3) is 0 Å². The lowest BCUT2D eigenvalue weighted by Gasteiger charge is -2.31. The van der Waals surface area contributed by atoms with Crippen LogP contribution in [0.4, 0.5) is 4.79 Å². The average molecular weight is 290 g/mol. The maximum Gasteiger partial charge on any atom is 0.407 e. The third-order valence-electron chi connectivity index (χ3n) is 3.53. The molecule has 1 aliphatic heterocycles. The molecule has 1 aromatic carbocycles. The van der Waals surface area contributed by atoms with Crippen molar-refractivity contribution in [2.45, 2.75) is 45.3 Å². The molecule has 21 heavy (non-hydrogen) atoms. The summed E-state index contributed by atoms with van der Waals surface area (Å²) in [7, 11) is 0. The summed E-state index contributed by atoms with van der Waals surface area (Å²) in [5, 5.41) is 6.37. The summed E-state index contributed by atoms with van der Waals surface area (Å²) in [6.45, 7) is 7.45. The predicted octanol–water partition coefficient (Wildman–Crippen LogP) is 2.73. The molecule has 116 valence electrons. The number of amides is 1. The summed E-state index contributed by atoms with van der Waals surface area (Å²) in [5.41, 5.74) is 0.900. The van der Waals surface area contributed by atoms with Crippen molar-refractivity contribution >= 4 is 6.09 Å². The number of benzene rings is 1. The highest BCUT2D eigenvalue weighted by Gasteiger charge is 2.25. The maximum absolute atomic E-state index is 11.8. The van der Waals surface area contributed by atoms with Crippen LogP contribution >= 0.6 is 0 Å². The Morgan fingerprint density at radius 2 is 2.00 bits per heavy atom. The van der Waals surface area contributed by atoms with E-state index in [0.29, 0.717) is 5.92 Å². The van der Waals surface area contributed by atoms with Crippen molar-refractivity contribution < 1.29 is 9.53 Å². The van der Waals surface area contributed by atoms with Gasteiger partial charge >= 0.3 is 6.09 Å². The molecule has 0 aliphatic carbocycles. The molecule has 1 unspecified atom stereocenters. The zero-order valence-corrected chi connectivity index (χ0v) is 13.2. The zero-order valence-electron chi connectivity index (χ0n) is 13.2. The largest absolute Gasteiger partial charge is 0.444 e. The average Bonchev–Trinajstić information content (AvgIpc) is 2.38. The quantitative estimate of drug-likeness (QED) is 0.900. The van der Waals surface area contributed by atoms with Crippen molar-refractivity contribution in [1.82, 2.24) is 10.6 Å². The molecular weight excluding hydrogens is 264 g/mol. The van der Waals surface area contributed by atoms with E-state index in [1.54, 1.807) is 0 Å². The van der Waals surface area contributed by atoms with Crippen LogP contribution in [0.15, 0.2) is 30.3 Å². The van der Waals surface area contributed by atoms with Crippen molar-refractivity contribution in [3.63, 3.8) is 0 Å². The van der Waals surface area contributed by atoms with Gasteiger partial charge in [0.2, 0.25) is 0 Å². The molecule has 1 saturated heterocycles. The minimum Gasteiger partial charge on any atom is -0.444 e. The van der Waals surface area contributed by atoms with Crippen LogP contribution in [0, 0.1) is 5.92 Å². The van der Waals surface area contributed by atoms with Crippen LogP contribution in [-0.2, 0) is 11.2 Å². The topological polar surface area (TPSA) is 50.4 Å². The van der Waals surface area contributed by atoms with Crippen molar-refractivity contribution in [3.05, 3.63) is 35.9 Å². The molecule has 1 fully saturated rings. The number of rotatable bonds is 3. The van der Waals surface area contributed by atoms with E-state index in [1.807, 2.05) is 26.8 Å². The first-order valence-electron chi connectivity index (χ1n) is 7.66. The second-order valence-corrected chi connectivity index (χ2v) is 6.79. The summed E-state index contributed by atoms with van der Waals surface area (Å²) < 4.78 is 5.32. The number of nitrogens with one attached hydrogen (secondary N) is 2. The van der Waals surface area contributed by atoms with Gasteiger partial charge in [-0.1, -0.05) is 30.3 Å². The monoisotopic (exact) mass is 290 g/mol. The molecule has 0 radical (unpaired) electrons. The van der Waals surface area contributed by atoms with E-state index in [9.17, 15) is 4.79 Å². The number of ether oxygens (including phenoxy) is 1. The second kappa shape index (κ2) is 6.94. The van der Waals surface area contributed by atoms with Gasteiger partial charge in [0.05, 0.1) is 0 Å². The van der Waals surface area contributed by atoms with E-state index in [0.717, 1.165) is 25.9 Å². The van der Waals surface area contributed by atoms with Gasteiger partial charge in [-0.15, -0.1) is 0 Å². The van der Waals surface area contributed by atoms with Crippen LogP contribution < -0.4 is 10.6 Å². The highest BCUT2D eigenvalue weighted by Crippen LogP contribution is 2.17. The molecular formula is C17H26N2O2. The van der Waals surface area contributed by atoms with Crippen LogP contribution in [0.25, 0.3) is 0 Å². The van der Waals surface area contributed by atoms with E-state index in [2.05, 4.69) is 34.9 Å². The smallest absolute Gasteiger partial charge is 0.407 e. The standard InChI is InChI=1S/C17H26N2O2/c1-17(2,3)21-16(20)19-15-10-14(11-18-12-15)9-13-7-5-4-6-8-13/h4-8,14-15,18H,9-12H2,1-3H3,(H,19,20)/t14?,15-/m0/s1. The van der Waals surface area contributed by atoms with Crippen LogP contribution in [0.3, 0.4) is 0 Å². The Bertz CT molecular complexity index is 454. The van der Waals surface area contributed by atoms with Crippen molar-refractivity contribution in [3.8, 4) is 0 Å². The van der Waals surface area contributed by atoms with Gasteiger partial charge in [-0.25, -0.2) is 4.79 Å². The first kappa shape index (κ1) is 15.8. The van der Waals surface area contributed by atoms with Crippen molar-refractivity contribution in [2.24, 2.45) is 5.92 Å². The fraction of sp³-hybridized carbons (Fsp3) is 0.588. The van der Waals surface area contributed by atoms with Crippen LogP contribution in [0.2, 0.25) is 0 Å². The lowest BCUT2D eigenvalue weighted by molar-refractivity contribution is 0.0490. The number of piperidine rings is 1. The van der Waals surface area contributed by atoms with E-state index < -0.39 is 5.60 Å². The van der Waals surface area contributed by atoms with Crippen LogP contribution in [-0.4, -0.2) is 30.8 Å². The first-order chi connectivity index (χ1) is 9.92.